The predicted molar refractivity (Wildman–Crippen MR) is 22.8 cm³/mol. The second-order valence-electron chi connectivity index (χ2n) is 1.19. The molecule has 0 bridgehead atoms. The molecule has 0 aliphatic carbocycles. The molecule has 0 aromatic rings. The van der Waals surface area contributed by atoms with Gasteiger partial charge >= 0.3 is 0 Å². The summed E-state index contributed by atoms with van der Waals surface area (Å²) in [5, 5.41) is 0. The molecule has 3 heteroatoms. The summed E-state index contributed by atoms with van der Waals surface area (Å²) in [5.74, 6) is -0.463. The topological polar surface area (TPSA) is 69.1 Å². The van der Waals surface area contributed by atoms with Gasteiger partial charge in [0, 0.05) is 0 Å². The first-order valence-electron chi connectivity index (χ1n) is 1.69. The SMILES string of the molecule is CC(N)C(N)=O. The van der Waals surface area contributed by atoms with E-state index in [4.69, 9.17) is 5.73 Å². The summed E-state index contributed by atoms with van der Waals surface area (Å²) in [4.78, 5) is 9.80. The van der Waals surface area contributed by atoms with Crippen molar-refractivity contribution in [3.8, 4) is 0 Å². The molecule has 0 aliphatic heterocycles. The zero-order valence-corrected chi connectivity index (χ0v) is 3.64. The van der Waals surface area contributed by atoms with Gasteiger partial charge in [0.2, 0.25) is 5.91 Å². The third-order valence-electron chi connectivity index (χ3n) is 0.449. The Bertz CT molecular complexity index is 59.8. The average Bonchev–Trinajstić information content (AvgIpc) is 1.36. The minimum atomic E-state index is -0.509. The molecule has 0 fully saturated rings. The van der Waals surface area contributed by atoms with E-state index in [0.717, 1.165) is 0 Å². The van der Waals surface area contributed by atoms with Gasteiger partial charge in [-0.25, -0.2) is 0 Å². The first-order valence-corrected chi connectivity index (χ1v) is 1.69. The molecule has 36 valence electrons. The smallest absolute Gasteiger partial charge is 0.234 e. The molecule has 0 radical (unpaired) electrons. The van der Waals surface area contributed by atoms with E-state index in [1.54, 1.807) is 6.92 Å². The lowest BCUT2D eigenvalue weighted by Crippen LogP contribution is -2.32. The van der Waals surface area contributed by atoms with E-state index in [0.29, 0.717) is 0 Å². The van der Waals surface area contributed by atoms with E-state index in [-0.39, 0.29) is 0 Å². The quantitative estimate of drug-likeness (QED) is 0.423. The van der Waals surface area contributed by atoms with Crippen molar-refractivity contribution in [2.75, 3.05) is 0 Å². The number of hydrogen-bond donors (Lipinski definition) is 2. The largest absolute Gasteiger partial charge is 0.368 e. The number of carbonyl (C=O) groups is 1. The van der Waals surface area contributed by atoms with Gasteiger partial charge in [0.15, 0.2) is 0 Å². The molecule has 4 N–H and O–H groups in total. The van der Waals surface area contributed by atoms with E-state index >= 15 is 0 Å². The summed E-state index contributed by atoms with van der Waals surface area (Å²) in [7, 11) is 0. The van der Waals surface area contributed by atoms with Crippen LogP contribution in [0.4, 0.5) is 0 Å². The van der Waals surface area contributed by atoms with Crippen molar-refractivity contribution >= 4 is 5.91 Å². The van der Waals surface area contributed by atoms with Crippen molar-refractivity contribution in [3.63, 3.8) is 0 Å². The van der Waals surface area contributed by atoms with Crippen molar-refractivity contribution in [3.05, 3.63) is 0 Å². The second-order valence-corrected chi connectivity index (χ2v) is 1.19. The molecule has 0 saturated heterocycles. The number of nitrogens with two attached hydrogens (primary N) is 2. The van der Waals surface area contributed by atoms with Gasteiger partial charge in [0.05, 0.1) is 6.04 Å². The van der Waals surface area contributed by atoms with Crippen molar-refractivity contribution in [1.82, 2.24) is 0 Å². The molecule has 1 amide bonds. The molecule has 0 saturated carbocycles. The summed E-state index contributed by atoms with van der Waals surface area (Å²) in [6.07, 6.45) is 0. The van der Waals surface area contributed by atoms with Crippen molar-refractivity contribution < 1.29 is 4.79 Å². The van der Waals surface area contributed by atoms with Crippen LogP contribution in [0, 0.1) is 0 Å². The first kappa shape index (κ1) is 5.43. The maximum atomic E-state index is 9.80. The Morgan fingerprint density at radius 2 is 2.00 bits per heavy atom. The normalized spacial score (nSPS) is 13.7. The fraction of sp³-hybridized carbons (Fsp3) is 0.667. The minimum Gasteiger partial charge on any atom is -0.368 e. The van der Waals surface area contributed by atoms with Crippen molar-refractivity contribution in [1.29, 1.82) is 0 Å². The second kappa shape index (κ2) is 1.77. The van der Waals surface area contributed by atoms with E-state index < -0.39 is 11.9 Å². The predicted octanol–water partition coefficient (Wildman–Crippen LogP) is -1.18. The standard InChI is InChI=1S/C3H8N2O/c1-2(4)3(5)6/h2H,4H2,1H3,(H2,5,6). The summed E-state index contributed by atoms with van der Waals surface area (Å²) in [6.45, 7) is 1.54. The third kappa shape index (κ3) is 1.72. The zero-order chi connectivity index (χ0) is 5.15. The maximum absolute atomic E-state index is 9.80. The third-order valence-corrected chi connectivity index (χ3v) is 0.449. The van der Waals surface area contributed by atoms with Gasteiger partial charge in [-0.15, -0.1) is 0 Å². The van der Waals surface area contributed by atoms with E-state index in [9.17, 15) is 4.79 Å². The highest BCUT2D eigenvalue weighted by Crippen LogP contribution is 1.64. The Balaban J connectivity index is 3.26. The highest BCUT2D eigenvalue weighted by molar-refractivity contribution is 5.78. The molecular formula is C3H8N2O. The van der Waals surface area contributed by atoms with Crippen LogP contribution < -0.4 is 11.5 Å². The Kier molecular flexibility index (Phi) is 1.60. The summed E-state index contributed by atoms with van der Waals surface area (Å²) in [5.41, 5.74) is 9.63. The lowest BCUT2D eigenvalue weighted by Gasteiger charge is -1.91. The van der Waals surface area contributed by atoms with Crippen molar-refractivity contribution in [2.24, 2.45) is 11.5 Å². The molecule has 3 nitrogen and oxygen atoms in total. The monoisotopic (exact) mass is 88.1 g/mol. The maximum Gasteiger partial charge on any atom is 0.234 e. The van der Waals surface area contributed by atoms with Gasteiger partial charge in [-0.3, -0.25) is 4.79 Å². The fourth-order valence-electron chi connectivity index (χ4n) is 0. The van der Waals surface area contributed by atoms with Gasteiger partial charge in [0.25, 0.3) is 0 Å². The van der Waals surface area contributed by atoms with Crippen LogP contribution in [0.3, 0.4) is 0 Å². The minimum absolute atomic E-state index is 0.463. The molecule has 1 unspecified atom stereocenters. The van der Waals surface area contributed by atoms with Gasteiger partial charge in [-0.05, 0) is 6.92 Å². The van der Waals surface area contributed by atoms with Crippen LogP contribution in [-0.4, -0.2) is 11.9 Å². The molecular weight excluding hydrogens is 80.0 g/mol. The zero-order valence-electron chi connectivity index (χ0n) is 3.64. The van der Waals surface area contributed by atoms with Crippen molar-refractivity contribution in [2.45, 2.75) is 13.0 Å². The van der Waals surface area contributed by atoms with Crippen LogP contribution >= 0.6 is 0 Å². The van der Waals surface area contributed by atoms with Gasteiger partial charge < -0.3 is 11.5 Å². The van der Waals surface area contributed by atoms with Crippen LogP contribution in [0.2, 0.25) is 0 Å². The molecule has 1 atom stereocenters. The van der Waals surface area contributed by atoms with Crippen LogP contribution in [0.1, 0.15) is 6.92 Å². The summed E-state index contributed by atoms with van der Waals surface area (Å²) < 4.78 is 0. The summed E-state index contributed by atoms with van der Waals surface area (Å²) >= 11 is 0. The lowest BCUT2D eigenvalue weighted by atomic mass is 10.4. The van der Waals surface area contributed by atoms with Crippen LogP contribution in [-0.2, 0) is 4.79 Å². The van der Waals surface area contributed by atoms with E-state index in [2.05, 4.69) is 5.73 Å². The Hall–Kier alpha value is -0.570. The summed E-state index contributed by atoms with van der Waals surface area (Å²) in [6, 6.07) is -0.509. The number of amides is 1. The van der Waals surface area contributed by atoms with Gasteiger partial charge in [0.1, 0.15) is 0 Å². The Labute approximate surface area is 36.3 Å². The fourth-order valence-corrected chi connectivity index (χ4v) is 0. The molecule has 0 spiro atoms. The molecule has 0 rings (SSSR count). The molecule has 0 aromatic carbocycles. The first-order chi connectivity index (χ1) is 2.64. The highest BCUT2D eigenvalue weighted by Gasteiger charge is 1.96. The van der Waals surface area contributed by atoms with Crippen LogP contribution in [0.15, 0.2) is 0 Å². The average molecular weight is 88.1 g/mol. The lowest BCUT2D eigenvalue weighted by molar-refractivity contribution is -0.118. The molecule has 6 heavy (non-hydrogen) atoms. The van der Waals surface area contributed by atoms with Gasteiger partial charge in [-0.2, -0.15) is 0 Å². The number of carbonyl (C=O) groups excluding carboxylic acids is 1. The molecule has 0 aliphatic rings. The highest BCUT2D eigenvalue weighted by atomic mass is 16.1. The molecule has 0 heterocycles. The Morgan fingerprint density at radius 1 is 1.83 bits per heavy atom. The number of primary amides is 1. The van der Waals surface area contributed by atoms with E-state index in [1.165, 1.54) is 0 Å². The van der Waals surface area contributed by atoms with Gasteiger partial charge in [-0.1, -0.05) is 0 Å². The number of hydrogen-bond acceptors (Lipinski definition) is 2. The van der Waals surface area contributed by atoms with E-state index in [1.807, 2.05) is 0 Å². The van der Waals surface area contributed by atoms with Crippen LogP contribution in [0.5, 0.6) is 0 Å². The molecule has 0 aromatic heterocycles. The van der Waals surface area contributed by atoms with Crippen LogP contribution in [0.25, 0.3) is 0 Å². The number of rotatable bonds is 1. The Morgan fingerprint density at radius 3 is 2.00 bits per heavy atom.